The Bertz CT molecular complexity index is 483. The second kappa shape index (κ2) is 6.20. The SMILES string of the molecule is CC(C)=CCNCc1cc([N+](=O)[O-])c(F)cc1F. The van der Waals surface area contributed by atoms with Gasteiger partial charge in [-0.1, -0.05) is 11.6 Å². The zero-order valence-corrected chi connectivity index (χ0v) is 10.2. The first-order chi connectivity index (χ1) is 8.41. The van der Waals surface area contributed by atoms with Crippen molar-refractivity contribution in [1.82, 2.24) is 5.32 Å². The van der Waals surface area contributed by atoms with E-state index in [1.54, 1.807) is 0 Å². The fourth-order valence-electron chi connectivity index (χ4n) is 1.34. The van der Waals surface area contributed by atoms with Crippen LogP contribution in [0, 0.1) is 21.7 Å². The highest BCUT2D eigenvalue weighted by molar-refractivity contribution is 5.37. The number of nitrogens with zero attached hydrogens (tertiary/aromatic N) is 1. The highest BCUT2D eigenvalue weighted by Crippen LogP contribution is 2.21. The van der Waals surface area contributed by atoms with E-state index in [1.807, 2.05) is 19.9 Å². The fourth-order valence-corrected chi connectivity index (χ4v) is 1.34. The number of nitro groups is 1. The summed E-state index contributed by atoms with van der Waals surface area (Å²) in [7, 11) is 0. The average molecular weight is 256 g/mol. The molecular weight excluding hydrogens is 242 g/mol. The summed E-state index contributed by atoms with van der Waals surface area (Å²) in [4.78, 5) is 9.65. The van der Waals surface area contributed by atoms with Gasteiger partial charge >= 0.3 is 5.69 Å². The van der Waals surface area contributed by atoms with E-state index in [4.69, 9.17) is 0 Å². The molecule has 0 radical (unpaired) electrons. The van der Waals surface area contributed by atoms with Gasteiger partial charge in [0.1, 0.15) is 5.82 Å². The molecule has 0 aliphatic heterocycles. The van der Waals surface area contributed by atoms with Gasteiger partial charge in [-0.25, -0.2) is 4.39 Å². The summed E-state index contributed by atoms with van der Waals surface area (Å²) in [5, 5.41) is 13.4. The Morgan fingerprint density at radius 2 is 2.06 bits per heavy atom. The third kappa shape index (κ3) is 3.89. The second-order valence-corrected chi connectivity index (χ2v) is 4.06. The topological polar surface area (TPSA) is 55.2 Å². The van der Waals surface area contributed by atoms with Gasteiger partial charge in [0.15, 0.2) is 0 Å². The summed E-state index contributed by atoms with van der Waals surface area (Å²) in [6, 6.07) is 1.45. The van der Waals surface area contributed by atoms with Crippen molar-refractivity contribution in [1.29, 1.82) is 0 Å². The summed E-state index contributed by atoms with van der Waals surface area (Å²) < 4.78 is 26.4. The molecule has 1 N–H and O–H groups in total. The molecule has 1 aromatic carbocycles. The van der Waals surface area contributed by atoms with Crippen LogP contribution in [-0.4, -0.2) is 11.5 Å². The first-order valence-corrected chi connectivity index (χ1v) is 5.38. The molecule has 0 aromatic heterocycles. The van der Waals surface area contributed by atoms with Crippen molar-refractivity contribution < 1.29 is 13.7 Å². The number of halogens is 2. The second-order valence-electron chi connectivity index (χ2n) is 4.06. The van der Waals surface area contributed by atoms with Gasteiger partial charge in [0.25, 0.3) is 0 Å². The minimum absolute atomic E-state index is 0.0743. The molecule has 98 valence electrons. The number of hydrogen-bond acceptors (Lipinski definition) is 3. The van der Waals surface area contributed by atoms with Crippen LogP contribution in [-0.2, 0) is 6.54 Å². The van der Waals surface area contributed by atoms with E-state index in [0.29, 0.717) is 12.6 Å². The monoisotopic (exact) mass is 256 g/mol. The van der Waals surface area contributed by atoms with Crippen molar-refractivity contribution in [3.05, 3.63) is 51.1 Å². The molecule has 0 aliphatic rings. The lowest BCUT2D eigenvalue weighted by molar-refractivity contribution is -0.387. The zero-order valence-electron chi connectivity index (χ0n) is 10.2. The van der Waals surface area contributed by atoms with E-state index in [9.17, 15) is 18.9 Å². The smallest absolute Gasteiger partial charge is 0.305 e. The molecule has 0 bridgehead atoms. The van der Waals surface area contributed by atoms with Gasteiger partial charge in [-0.05, 0) is 13.8 Å². The molecule has 1 rings (SSSR count). The summed E-state index contributed by atoms with van der Waals surface area (Å²) in [6.45, 7) is 4.47. The molecule has 0 atom stereocenters. The zero-order chi connectivity index (χ0) is 13.7. The molecule has 0 unspecified atom stereocenters. The van der Waals surface area contributed by atoms with Crippen LogP contribution in [0.5, 0.6) is 0 Å². The van der Waals surface area contributed by atoms with Gasteiger partial charge in [-0.3, -0.25) is 10.1 Å². The number of nitro benzene ring substituents is 1. The van der Waals surface area contributed by atoms with E-state index in [1.165, 1.54) is 0 Å². The molecule has 0 saturated carbocycles. The molecule has 0 saturated heterocycles. The van der Waals surface area contributed by atoms with Crippen molar-refractivity contribution in [3.8, 4) is 0 Å². The van der Waals surface area contributed by atoms with Crippen LogP contribution in [0.3, 0.4) is 0 Å². The number of allylic oxidation sites excluding steroid dienone is 1. The Morgan fingerprint density at radius 1 is 1.39 bits per heavy atom. The van der Waals surface area contributed by atoms with E-state index >= 15 is 0 Å². The Balaban J connectivity index is 2.79. The van der Waals surface area contributed by atoms with Crippen molar-refractivity contribution >= 4 is 5.69 Å². The van der Waals surface area contributed by atoms with Crippen LogP contribution in [0.4, 0.5) is 14.5 Å². The number of nitrogens with one attached hydrogen (secondary N) is 1. The Kier molecular flexibility index (Phi) is 4.91. The van der Waals surface area contributed by atoms with Crippen molar-refractivity contribution in [2.75, 3.05) is 6.54 Å². The summed E-state index contributed by atoms with van der Waals surface area (Å²) in [6.07, 6.45) is 1.90. The maximum Gasteiger partial charge on any atom is 0.305 e. The normalized spacial score (nSPS) is 10.2. The van der Waals surface area contributed by atoms with E-state index in [2.05, 4.69) is 5.32 Å². The maximum atomic E-state index is 13.4. The lowest BCUT2D eigenvalue weighted by Gasteiger charge is -2.05. The van der Waals surface area contributed by atoms with Crippen molar-refractivity contribution in [2.24, 2.45) is 0 Å². The molecule has 0 spiro atoms. The molecule has 1 aromatic rings. The third-order valence-corrected chi connectivity index (χ3v) is 2.28. The molecule has 0 aliphatic carbocycles. The van der Waals surface area contributed by atoms with Crippen LogP contribution >= 0.6 is 0 Å². The van der Waals surface area contributed by atoms with Crippen LogP contribution < -0.4 is 5.32 Å². The van der Waals surface area contributed by atoms with Gasteiger partial charge in [-0.15, -0.1) is 0 Å². The number of benzene rings is 1. The third-order valence-electron chi connectivity index (χ3n) is 2.28. The maximum absolute atomic E-state index is 13.4. The lowest BCUT2D eigenvalue weighted by atomic mass is 10.1. The molecule has 4 nitrogen and oxygen atoms in total. The Labute approximate surface area is 103 Å². The predicted molar refractivity (Wildman–Crippen MR) is 64.2 cm³/mol. The van der Waals surface area contributed by atoms with Gasteiger partial charge in [0, 0.05) is 30.8 Å². The Hall–Kier alpha value is -1.82. The Morgan fingerprint density at radius 3 is 2.61 bits per heavy atom. The highest BCUT2D eigenvalue weighted by Gasteiger charge is 2.17. The van der Waals surface area contributed by atoms with Crippen molar-refractivity contribution in [3.63, 3.8) is 0 Å². The molecule has 0 amide bonds. The quantitative estimate of drug-likeness (QED) is 0.381. The lowest BCUT2D eigenvalue weighted by Crippen LogP contribution is -2.14. The summed E-state index contributed by atoms with van der Waals surface area (Å²) in [5.74, 6) is -1.95. The summed E-state index contributed by atoms with van der Waals surface area (Å²) >= 11 is 0. The molecule has 0 fully saturated rings. The van der Waals surface area contributed by atoms with Crippen LogP contribution in [0.2, 0.25) is 0 Å². The van der Waals surface area contributed by atoms with Gasteiger partial charge in [0.05, 0.1) is 4.92 Å². The van der Waals surface area contributed by atoms with Gasteiger partial charge in [0.2, 0.25) is 5.82 Å². The van der Waals surface area contributed by atoms with Crippen LogP contribution in [0.1, 0.15) is 19.4 Å². The van der Waals surface area contributed by atoms with Gasteiger partial charge in [-0.2, -0.15) is 4.39 Å². The van der Waals surface area contributed by atoms with Crippen LogP contribution in [0.15, 0.2) is 23.8 Å². The average Bonchev–Trinajstić information content (AvgIpc) is 2.25. The first-order valence-electron chi connectivity index (χ1n) is 5.38. The minimum atomic E-state index is -1.16. The highest BCUT2D eigenvalue weighted by atomic mass is 19.1. The van der Waals surface area contributed by atoms with E-state index < -0.39 is 22.2 Å². The standard InChI is InChI=1S/C12H14F2N2O2/c1-8(2)3-4-15-7-9-5-12(16(17)18)11(14)6-10(9)13/h3,5-6,15H,4,7H2,1-2H3. The number of rotatable bonds is 5. The van der Waals surface area contributed by atoms with Crippen LogP contribution in [0.25, 0.3) is 0 Å². The van der Waals surface area contributed by atoms with E-state index in [-0.39, 0.29) is 12.1 Å². The minimum Gasteiger partial charge on any atom is -0.309 e. The molecular formula is C12H14F2N2O2. The largest absolute Gasteiger partial charge is 0.309 e. The van der Waals surface area contributed by atoms with Crippen molar-refractivity contribution in [2.45, 2.75) is 20.4 Å². The molecule has 18 heavy (non-hydrogen) atoms. The molecule has 0 heterocycles. The van der Waals surface area contributed by atoms with Gasteiger partial charge < -0.3 is 5.32 Å². The number of hydrogen-bond donors (Lipinski definition) is 1. The molecule has 6 heteroatoms. The first kappa shape index (κ1) is 14.2. The predicted octanol–water partition coefficient (Wildman–Crippen LogP) is 2.93. The summed E-state index contributed by atoms with van der Waals surface area (Å²) in [5.41, 5.74) is 0.466. The van der Waals surface area contributed by atoms with E-state index in [0.717, 1.165) is 11.6 Å². The fraction of sp³-hybridized carbons (Fsp3) is 0.333.